The van der Waals surface area contributed by atoms with Crippen molar-refractivity contribution in [2.75, 3.05) is 92.8 Å². The summed E-state index contributed by atoms with van der Waals surface area (Å²) in [5.74, 6) is 1.20. The molecule has 9 heteroatoms. The molecule has 2 fully saturated rings. The zero-order chi connectivity index (χ0) is 19.5. The highest BCUT2D eigenvalue weighted by Crippen LogP contribution is 2.05. The van der Waals surface area contributed by atoms with E-state index < -0.39 is 0 Å². The lowest BCUT2D eigenvalue weighted by molar-refractivity contribution is -0.136. The molecule has 0 bridgehead atoms. The third-order valence-electron chi connectivity index (χ3n) is 5.28. The van der Waals surface area contributed by atoms with Gasteiger partial charge in [-0.2, -0.15) is 0 Å². The van der Waals surface area contributed by atoms with Gasteiger partial charge in [0.25, 0.3) is 0 Å². The van der Waals surface area contributed by atoms with Crippen LogP contribution >= 0.6 is 24.0 Å². The molecule has 28 heavy (non-hydrogen) atoms. The molecule has 0 aromatic heterocycles. The molecule has 8 nitrogen and oxygen atoms in total. The summed E-state index contributed by atoms with van der Waals surface area (Å²) >= 11 is 0. The summed E-state index contributed by atoms with van der Waals surface area (Å²) in [5, 5.41) is 3.48. The van der Waals surface area contributed by atoms with E-state index >= 15 is 0 Å². The number of likely N-dealkylation sites (N-methyl/N-ethyl adjacent to an activating group) is 1. The summed E-state index contributed by atoms with van der Waals surface area (Å²) in [6, 6.07) is 0. The summed E-state index contributed by atoms with van der Waals surface area (Å²) in [7, 11) is 4.02. The second-order valence-corrected chi connectivity index (χ2v) is 7.39. The lowest BCUT2D eigenvalue weighted by Gasteiger charge is -2.37. The van der Waals surface area contributed by atoms with Gasteiger partial charge < -0.3 is 24.8 Å². The molecule has 2 saturated heterocycles. The third-order valence-corrected chi connectivity index (χ3v) is 5.28. The monoisotopic (exact) mass is 510 g/mol. The fourth-order valence-electron chi connectivity index (χ4n) is 3.45. The predicted octanol–water partition coefficient (Wildman–Crippen LogP) is 0.388. The average Bonchev–Trinajstić information content (AvgIpc) is 2.71. The van der Waals surface area contributed by atoms with Crippen LogP contribution in [0.25, 0.3) is 0 Å². The fourth-order valence-corrected chi connectivity index (χ4v) is 3.45. The number of amides is 1. The maximum Gasteiger partial charge on any atom is 0.236 e. The SMILES string of the molecule is CCCCN(C)CCNC(=NC)N1CCN(CC(=O)N2CCOCC2)CC1.I. The number of hydrogen-bond acceptors (Lipinski definition) is 5. The Labute approximate surface area is 187 Å². The van der Waals surface area contributed by atoms with E-state index in [1.54, 1.807) is 0 Å². The minimum absolute atomic E-state index is 0. The summed E-state index contributed by atoms with van der Waals surface area (Å²) in [6.07, 6.45) is 2.48. The molecule has 0 aromatic carbocycles. The van der Waals surface area contributed by atoms with Crippen molar-refractivity contribution in [3.8, 4) is 0 Å². The first-order valence-corrected chi connectivity index (χ1v) is 10.4. The number of nitrogens with zero attached hydrogens (tertiary/aromatic N) is 5. The first-order chi connectivity index (χ1) is 13.1. The molecule has 0 aliphatic carbocycles. The van der Waals surface area contributed by atoms with E-state index in [1.807, 2.05) is 11.9 Å². The molecule has 1 amide bonds. The van der Waals surface area contributed by atoms with Crippen LogP contribution in [0.5, 0.6) is 0 Å². The largest absolute Gasteiger partial charge is 0.378 e. The molecule has 2 aliphatic rings. The number of rotatable bonds is 8. The number of aliphatic imine (C=N–C) groups is 1. The topological polar surface area (TPSA) is 63.7 Å². The summed E-state index contributed by atoms with van der Waals surface area (Å²) in [4.78, 5) is 25.7. The first kappa shape index (κ1) is 25.4. The van der Waals surface area contributed by atoms with E-state index in [-0.39, 0.29) is 29.9 Å². The van der Waals surface area contributed by atoms with E-state index in [0.29, 0.717) is 19.8 Å². The van der Waals surface area contributed by atoms with Crippen LogP contribution in [0.4, 0.5) is 0 Å². The minimum Gasteiger partial charge on any atom is -0.378 e. The zero-order valence-electron chi connectivity index (χ0n) is 17.9. The Balaban J connectivity index is 0.00000392. The number of hydrogen-bond donors (Lipinski definition) is 1. The Morgan fingerprint density at radius 3 is 2.36 bits per heavy atom. The van der Waals surface area contributed by atoms with E-state index in [4.69, 9.17) is 4.74 Å². The van der Waals surface area contributed by atoms with Gasteiger partial charge in [0.1, 0.15) is 0 Å². The van der Waals surface area contributed by atoms with E-state index in [2.05, 4.69) is 39.0 Å². The highest BCUT2D eigenvalue weighted by molar-refractivity contribution is 14.0. The summed E-state index contributed by atoms with van der Waals surface area (Å²) < 4.78 is 5.32. The Kier molecular flexibility index (Phi) is 13.0. The lowest BCUT2D eigenvalue weighted by Crippen LogP contribution is -2.55. The molecule has 2 rings (SSSR count). The Morgan fingerprint density at radius 2 is 1.75 bits per heavy atom. The molecule has 0 saturated carbocycles. The van der Waals surface area contributed by atoms with Crippen molar-refractivity contribution in [2.45, 2.75) is 19.8 Å². The Bertz CT molecular complexity index is 465. The van der Waals surface area contributed by atoms with Crippen molar-refractivity contribution in [3.63, 3.8) is 0 Å². The highest BCUT2D eigenvalue weighted by Gasteiger charge is 2.24. The van der Waals surface area contributed by atoms with Crippen LogP contribution in [0.2, 0.25) is 0 Å². The smallest absolute Gasteiger partial charge is 0.236 e. The number of halogens is 1. The van der Waals surface area contributed by atoms with Gasteiger partial charge in [-0.1, -0.05) is 13.3 Å². The quantitative estimate of drug-likeness (QED) is 0.290. The lowest BCUT2D eigenvalue weighted by atomic mass is 10.3. The number of ether oxygens (including phenoxy) is 1. The molecule has 0 spiro atoms. The fraction of sp³-hybridized carbons (Fsp3) is 0.895. The van der Waals surface area contributed by atoms with Crippen LogP contribution in [0.1, 0.15) is 19.8 Å². The average molecular weight is 510 g/mol. The highest BCUT2D eigenvalue weighted by atomic mass is 127. The van der Waals surface area contributed by atoms with Gasteiger partial charge >= 0.3 is 0 Å². The second kappa shape index (κ2) is 14.4. The van der Waals surface area contributed by atoms with Gasteiger partial charge in [0.05, 0.1) is 19.8 Å². The van der Waals surface area contributed by atoms with E-state index in [9.17, 15) is 4.79 Å². The van der Waals surface area contributed by atoms with Crippen LogP contribution in [0, 0.1) is 0 Å². The van der Waals surface area contributed by atoms with E-state index in [1.165, 1.54) is 12.8 Å². The van der Waals surface area contributed by atoms with Gasteiger partial charge in [-0.15, -0.1) is 24.0 Å². The van der Waals surface area contributed by atoms with Crippen molar-refractivity contribution in [1.29, 1.82) is 0 Å². The van der Waals surface area contributed by atoms with Gasteiger partial charge in [0.2, 0.25) is 5.91 Å². The van der Waals surface area contributed by atoms with Crippen molar-refractivity contribution in [1.82, 2.24) is 24.9 Å². The summed E-state index contributed by atoms with van der Waals surface area (Å²) in [6.45, 7) is 12.2. The van der Waals surface area contributed by atoms with Crippen molar-refractivity contribution in [2.24, 2.45) is 4.99 Å². The van der Waals surface area contributed by atoms with Crippen LogP contribution < -0.4 is 5.32 Å². The summed E-state index contributed by atoms with van der Waals surface area (Å²) in [5.41, 5.74) is 0. The van der Waals surface area contributed by atoms with Gasteiger partial charge in [0, 0.05) is 59.4 Å². The Morgan fingerprint density at radius 1 is 1.07 bits per heavy atom. The van der Waals surface area contributed by atoms with Crippen molar-refractivity contribution < 1.29 is 9.53 Å². The molecule has 2 aliphatic heterocycles. The van der Waals surface area contributed by atoms with E-state index in [0.717, 1.165) is 64.9 Å². The first-order valence-electron chi connectivity index (χ1n) is 10.4. The molecule has 2 heterocycles. The second-order valence-electron chi connectivity index (χ2n) is 7.39. The van der Waals surface area contributed by atoms with Gasteiger partial charge in [-0.25, -0.2) is 0 Å². The third kappa shape index (κ3) is 8.79. The molecule has 0 atom stereocenters. The number of morpholine rings is 1. The van der Waals surface area contributed by atoms with Gasteiger partial charge in [0.15, 0.2) is 5.96 Å². The Hall–Kier alpha value is -0.650. The van der Waals surface area contributed by atoms with Crippen LogP contribution in [-0.2, 0) is 9.53 Å². The van der Waals surface area contributed by atoms with Gasteiger partial charge in [-0.3, -0.25) is 14.7 Å². The maximum absolute atomic E-state index is 12.4. The number of piperazine rings is 1. The standard InChI is InChI=1S/C19H38N6O2.HI/c1-4-5-7-22(3)8-6-21-19(20-2)25-11-9-23(10-12-25)17-18(26)24-13-15-27-16-14-24;/h4-17H2,1-3H3,(H,20,21);1H. The molecule has 0 unspecified atom stereocenters. The molecule has 164 valence electrons. The number of carbonyl (C=O) groups is 1. The number of unbranched alkanes of at least 4 members (excludes halogenated alkanes) is 1. The molecule has 1 N–H and O–H groups in total. The van der Waals surface area contributed by atoms with Crippen molar-refractivity contribution >= 4 is 35.8 Å². The molecule has 0 aromatic rings. The predicted molar refractivity (Wildman–Crippen MR) is 125 cm³/mol. The van der Waals surface area contributed by atoms with Crippen molar-refractivity contribution in [3.05, 3.63) is 0 Å². The number of guanidine groups is 1. The molecular weight excluding hydrogens is 471 g/mol. The zero-order valence-corrected chi connectivity index (χ0v) is 20.2. The molecular formula is C19H39IN6O2. The minimum atomic E-state index is 0. The number of nitrogens with one attached hydrogen (secondary N) is 1. The van der Waals surface area contributed by atoms with Gasteiger partial charge in [-0.05, 0) is 20.0 Å². The van der Waals surface area contributed by atoms with Crippen LogP contribution in [0.3, 0.4) is 0 Å². The normalized spacial score (nSPS) is 18.9. The van der Waals surface area contributed by atoms with Crippen LogP contribution in [0.15, 0.2) is 4.99 Å². The molecule has 0 radical (unpaired) electrons. The van der Waals surface area contributed by atoms with Crippen LogP contribution in [-0.4, -0.2) is 124 Å². The maximum atomic E-state index is 12.4. The number of carbonyl (C=O) groups excluding carboxylic acids is 1.